The van der Waals surface area contributed by atoms with E-state index >= 15 is 0 Å². The van der Waals surface area contributed by atoms with Gasteiger partial charge in [-0.3, -0.25) is 9.59 Å². The molecule has 0 saturated carbocycles. The van der Waals surface area contributed by atoms with E-state index < -0.39 is 23.7 Å². The van der Waals surface area contributed by atoms with E-state index in [1.54, 1.807) is 36.4 Å². The minimum absolute atomic E-state index is 0.0692. The van der Waals surface area contributed by atoms with Crippen molar-refractivity contribution in [3.63, 3.8) is 0 Å². The second-order valence-corrected chi connectivity index (χ2v) is 8.52. The molecule has 4 rings (SSSR count). The van der Waals surface area contributed by atoms with Gasteiger partial charge in [0.1, 0.15) is 5.76 Å². The van der Waals surface area contributed by atoms with Crippen LogP contribution < -0.4 is 0 Å². The lowest BCUT2D eigenvalue weighted by Gasteiger charge is -2.26. The van der Waals surface area contributed by atoms with E-state index in [-0.39, 0.29) is 17.9 Å². The van der Waals surface area contributed by atoms with Crippen molar-refractivity contribution in [1.29, 1.82) is 0 Å². The molecule has 1 saturated heterocycles. The standard InChI is InChI=1S/C29H27NO5/c1-4-19-9-13-21(14-10-19)26(31)24-25(23-8-6-5-7-18(23)2)30(28(33)27(24)32)17-20-11-15-22(16-12-20)29(34)35-3/h5-16,25,31H,4,17H2,1-3H3/b26-24+. The van der Waals surface area contributed by atoms with Crippen molar-refractivity contribution in [1.82, 2.24) is 4.90 Å². The van der Waals surface area contributed by atoms with Gasteiger partial charge in [-0.15, -0.1) is 0 Å². The maximum Gasteiger partial charge on any atom is 0.337 e. The van der Waals surface area contributed by atoms with Crippen LogP contribution in [0.25, 0.3) is 5.76 Å². The number of aryl methyl sites for hydroxylation is 2. The van der Waals surface area contributed by atoms with Crippen LogP contribution in [0.3, 0.4) is 0 Å². The van der Waals surface area contributed by atoms with Crippen LogP contribution in [-0.4, -0.2) is 34.8 Å². The Morgan fingerprint density at radius 2 is 1.51 bits per heavy atom. The molecule has 35 heavy (non-hydrogen) atoms. The number of aliphatic hydroxyl groups excluding tert-OH is 1. The first-order valence-electron chi connectivity index (χ1n) is 11.5. The summed E-state index contributed by atoms with van der Waals surface area (Å²) < 4.78 is 4.74. The molecule has 0 aliphatic carbocycles. The first kappa shape index (κ1) is 24.0. The molecule has 1 atom stereocenters. The maximum atomic E-state index is 13.3. The van der Waals surface area contributed by atoms with Crippen LogP contribution >= 0.6 is 0 Å². The Kier molecular flexibility index (Phi) is 6.82. The van der Waals surface area contributed by atoms with E-state index in [1.807, 2.05) is 50.2 Å². The molecule has 0 spiro atoms. The van der Waals surface area contributed by atoms with E-state index in [1.165, 1.54) is 12.0 Å². The Morgan fingerprint density at radius 1 is 0.914 bits per heavy atom. The largest absolute Gasteiger partial charge is 0.507 e. The van der Waals surface area contributed by atoms with Gasteiger partial charge in [0.15, 0.2) is 0 Å². The van der Waals surface area contributed by atoms with E-state index in [2.05, 4.69) is 0 Å². The van der Waals surface area contributed by atoms with Gasteiger partial charge in [0.05, 0.1) is 24.3 Å². The number of ketones is 1. The number of likely N-dealkylation sites (tertiary alicyclic amines) is 1. The number of hydrogen-bond donors (Lipinski definition) is 1. The number of rotatable bonds is 6. The van der Waals surface area contributed by atoms with E-state index in [0.29, 0.717) is 11.1 Å². The molecule has 6 heteroatoms. The van der Waals surface area contributed by atoms with Crippen LogP contribution in [0.1, 0.15) is 51.1 Å². The lowest BCUT2D eigenvalue weighted by Crippen LogP contribution is -2.29. The third kappa shape index (κ3) is 4.60. The van der Waals surface area contributed by atoms with Crippen LogP contribution in [0.2, 0.25) is 0 Å². The number of aliphatic hydroxyl groups is 1. The highest BCUT2D eigenvalue weighted by Crippen LogP contribution is 2.41. The predicted molar refractivity (Wildman–Crippen MR) is 133 cm³/mol. The Bertz CT molecular complexity index is 1310. The van der Waals surface area contributed by atoms with Gasteiger partial charge in [-0.05, 0) is 47.7 Å². The fourth-order valence-electron chi connectivity index (χ4n) is 4.37. The zero-order valence-corrected chi connectivity index (χ0v) is 19.9. The molecule has 1 fully saturated rings. The van der Waals surface area contributed by atoms with Gasteiger partial charge in [-0.25, -0.2) is 4.79 Å². The highest BCUT2D eigenvalue weighted by molar-refractivity contribution is 6.46. The second kappa shape index (κ2) is 9.97. The van der Waals surface area contributed by atoms with Gasteiger partial charge < -0.3 is 14.7 Å². The number of ether oxygens (including phenoxy) is 1. The zero-order valence-electron chi connectivity index (χ0n) is 19.9. The smallest absolute Gasteiger partial charge is 0.337 e. The van der Waals surface area contributed by atoms with Gasteiger partial charge in [-0.1, -0.05) is 67.6 Å². The van der Waals surface area contributed by atoms with Crippen molar-refractivity contribution in [3.05, 3.63) is 112 Å². The number of carbonyl (C=O) groups excluding carboxylic acids is 3. The van der Waals surface area contributed by atoms with Crippen LogP contribution in [0.15, 0.2) is 78.4 Å². The van der Waals surface area contributed by atoms with Crippen molar-refractivity contribution in [2.24, 2.45) is 0 Å². The fourth-order valence-corrected chi connectivity index (χ4v) is 4.37. The SMILES string of the molecule is CCc1ccc(/C(O)=C2\C(=O)C(=O)N(Cc3ccc(C(=O)OC)cc3)C2c2ccccc2C)cc1. The van der Waals surface area contributed by atoms with Crippen molar-refractivity contribution in [2.45, 2.75) is 32.9 Å². The van der Waals surface area contributed by atoms with Crippen molar-refractivity contribution >= 4 is 23.4 Å². The van der Waals surface area contributed by atoms with Crippen LogP contribution in [-0.2, 0) is 27.3 Å². The Morgan fingerprint density at radius 3 is 2.11 bits per heavy atom. The average Bonchev–Trinajstić information content (AvgIpc) is 3.13. The number of nitrogens with zero attached hydrogens (tertiary/aromatic N) is 1. The van der Waals surface area contributed by atoms with Gasteiger partial charge in [0, 0.05) is 12.1 Å². The van der Waals surface area contributed by atoms with E-state index in [0.717, 1.165) is 28.7 Å². The second-order valence-electron chi connectivity index (χ2n) is 8.52. The molecular formula is C29H27NO5. The zero-order chi connectivity index (χ0) is 25.1. The molecule has 1 N–H and O–H groups in total. The highest BCUT2D eigenvalue weighted by atomic mass is 16.5. The summed E-state index contributed by atoms with van der Waals surface area (Å²) in [4.78, 5) is 39.7. The number of carbonyl (C=O) groups is 3. The Labute approximate surface area is 204 Å². The quantitative estimate of drug-likeness (QED) is 0.239. The third-order valence-corrected chi connectivity index (χ3v) is 6.39. The minimum Gasteiger partial charge on any atom is -0.507 e. The van der Waals surface area contributed by atoms with Gasteiger partial charge >= 0.3 is 5.97 Å². The molecule has 1 unspecified atom stereocenters. The third-order valence-electron chi connectivity index (χ3n) is 6.39. The average molecular weight is 470 g/mol. The van der Waals surface area contributed by atoms with Crippen molar-refractivity contribution in [2.75, 3.05) is 7.11 Å². The number of amides is 1. The molecule has 3 aromatic rings. The molecule has 1 amide bonds. The molecule has 0 bridgehead atoms. The molecule has 1 heterocycles. The maximum absolute atomic E-state index is 13.3. The molecule has 0 radical (unpaired) electrons. The summed E-state index contributed by atoms with van der Waals surface area (Å²) in [6.45, 7) is 4.09. The lowest BCUT2D eigenvalue weighted by molar-refractivity contribution is -0.140. The molecule has 1 aliphatic rings. The van der Waals surface area contributed by atoms with Crippen LogP contribution in [0.4, 0.5) is 0 Å². The molecule has 6 nitrogen and oxygen atoms in total. The van der Waals surface area contributed by atoms with E-state index in [4.69, 9.17) is 4.74 Å². The minimum atomic E-state index is -0.748. The Hall–Kier alpha value is -4.19. The van der Waals surface area contributed by atoms with Crippen molar-refractivity contribution < 1.29 is 24.2 Å². The number of Topliss-reactive ketones (excluding diaryl/α,β-unsaturated/α-hetero) is 1. The summed E-state index contributed by atoms with van der Waals surface area (Å²) in [5, 5.41) is 11.2. The summed E-state index contributed by atoms with van der Waals surface area (Å²) in [5.74, 6) is -2.04. The van der Waals surface area contributed by atoms with Crippen LogP contribution in [0.5, 0.6) is 0 Å². The Balaban J connectivity index is 1.80. The van der Waals surface area contributed by atoms with Gasteiger partial charge in [-0.2, -0.15) is 0 Å². The topological polar surface area (TPSA) is 83.9 Å². The normalized spacial score (nSPS) is 17.0. The lowest BCUT2D eigenvalue weighted by atomic mass is 9.92. The summed E-state index contributed by atoms with van der Waals surface area (Å²) in [7, 11) is 1.31. The summed E-state index contributed by atoms with van der Waals surface area (Å²) in [5.41, 5.74) is 4.46. The van der Waals surface area contributed by atoms with Crippen LogP contribution in [0, 0.1) is 6.92 Å². The molecule has 178 valence electrons. The van der Waals surface area contributed by atoms with Crippen molar-refractivity contribution in [3.8, 4) is 0 Å². The molecule has 3 aromatic carbocycles. The van der Waals surface area contributed by atoms with Gasteiger partial charge in [0.25, 0.3) is 11.7 Å². The molecule has 0 aromatic heterocycles. The van der Waals surface area contributed by atoms with Gasteiger partial charge in [0.2, 0.25) is 0 Å². The highest BCUT2D eigenvalue weighted by Gasteiger charge is 2.46. The summed E-state index contributed by atoms with van der Waals surface area (Å²) >= 11 is 0. The number of hydrogen-bond acceptors (Lipinski definition) is 5. The molecule has 1 aliphatic heterocycles. The first-order valence-corrected chi connectivity index (χ1v) is 11.5. The number of methoxy groups -OCH3 is 1. The predicted octanol–water partition coefficient (Wildman–Crippen LogP) is 4.97. The number of benzene rings is 3. The first-order chi connectivity index (χ1) is 16.8. The fraction of sp³-hybridized carbons (Fsp3) is 0.207. The monoisotopic (exact) mass is 469 g/mol. The summed E-state index contributed by atoms with van der Waals surface area (Å²) in [6, 6.07) is 20.8. The number of esters is 1. The molecular weight excluding hydrogens is 442 g/mol. The summed E-state index contributed by atoms with van der Waals surface area (Å²) in [6.07, 6.45) is 0.851. The van der Waals surface area contributed by atoms with E-state index in [9.17, 15) is 19.5 Å².